The van der Waals surface area contributed by atoms with Gasteiger partial charge in [0.25, 0.3) is 0 Å². The van der Waals surface area contributed by atoms with E-state index >= 15 is 0 Å². The molecule has 3 rings (SSSR count). The average Bonchev–Trinajstić information content (AvgIpc) is 2.59. The number of anilines is 3. The Bertz CT molecular complexity index is 999. The van der Waals surface area contributed by atoms with Crippen molar-refractivity contribution in [2.75, 3.05) is 10.7 Å². The van der Waals surface area contributed by atoms with Crippen molar-refractivity contribution in [2.45, 2.75) is 33.2 Å². The molecule has 0 saturated heterocycles. The van der Waals surface area contributed by atoms with E-state index in [4.69, 9.17) is 0 Å². The SMILES string of the molecule is Cc1ccc2c(Nc3ncnc(NNC(C)(C)C)c3[N+](=O)[O-])cccc2n1. The van der Waals surface area contributed by atoms with Gasteiger partial charge < -0.3 is 5.32 Å². The summed E-state index contributed by atoms with van der Waals surface area (Å²) in [6, 6.07) is 9.37. The lowest BCUT2D eigenvalue weighted by Crippen LogP contribution is -2.40. The van der Waals surface area contributed by atoms with E-state index in [2.05, 4.69) is 31.1 Å². The van der Waals surface area contributed by atoms with Crippen LogP contribution >= 0.6 is 0 Å². The van der Waals surface area contributed by atoms with Gasteiger partial charge >= 0.3 is 5.69 Å². The molecule has 9 nitrogen and oxygen atoms in total. The Morgan fingerprint density at radius 1 is 1.07 bits per heavy atom. The quantitative estimate of drug-likeness (QED) is 0.461. The van der Waals surface area contributed by atoms with Crippen molar-refractivity contribution < 1.29 is 4.92 Å². The lowest BCUT2D eigenvalue weighted by Gasteiger charge is -2.21. The van der Waals surface area contributed by atoms with Crippen LogP contribution in [0.5, 0.6) is 0 Å². The number of hydrazine groups is 1. The van der Waals surface area contributed by atoms with Crippen molar-refractivity contribution >= 4 is 33.9 Å². The highest BCUT2D eigenvalue weighted by Gasteiger charge is 2.24. The van der Waals surface area contributed by atoms with Gasteiger partial charge in [0.1, 0.15) is 6.33 Å². The molecule has 2 aromatic heterocycles. The summed E-state index contributed by atoms with van der Waals surface area (Å²) >= 11 is 0. The molecule has 0 radical (unpaired) electrons. The van der Waals surface area contributed by atoms with E-state index in [-0.39, 0.29) is 22.9 Å². The van der Waals surface area contributed by atoms with E-state index in [1.165, 1.54) is 6.33 Å². The summed E-state index contributed by atoms with van der Waals surface area (Å²) in [6.07, 6.45) is 1.27. The molecule has 27 heavy (non-hydrogen) atoms. The minimum absolute atomic E-state index is 0.0848. The zero-order valence-electron chi connectivity index (χ0n) is 15.6. The van der Waals surface area contributed by atoms with Gasteiger partial charge in [0.15, 0.2) is 0 Å². The Morgan fingerprint density at radius 2 is 1.81 bits per heavy atom. The number of nitrogens with zero attached hydrogens (tertiary/aromatic N) is 4. The van der Waals surface area contributed by atoms with E-state index in [0.29, 0.717) is 5.69 Å². The molecule has 140 valence electrons. The molecule has 2 heterocycles. The van der Waals surface area contributed by atoms with Gasteiger partial charge in [0.2, 0.25) is 11.6 Å². The van der Waals surface area contributed by atoms with Crippen LogP contribution < -0.4 is 16.2 Å². The molecule has 0 fully saturated rings. The number of benzene rings is 1. The molecule has 0 amide bonds. The lowest BCUT2D eigenvalue weighted by atomic mass is 10.1. The number of aromatic nitrogens is 3. The monoisotopic (exact) mass is 367 g/mol. The maximum absolute atomic E-state index is 11.7. The Labute approximate surface area is 156 Å². The number of rotatable bonds is 5. The van der Waals surface area contributed by atoms with Crippen molar-refractivity contribution in [3.63, 3.8) is 0 Å². The van der Waals surface area contributed by atoms with E-state index in [9.17, 15) is 10.1 Å². The first kappa shape index (κ1) is 18.5. The summed E-state index contributed by atoms with van der Waals surface area (Å²) in [5.74, 6) is 0.183. The van der Waals surface area contributed by atoms with Crippen LogP contribution in [0.15, 0.2) is 36.7 Å². The van der Waals surface area contributed by atoms with Crippen molar-refractivity contribution in [2.24, 2.45) is 0 Å². The van der Waals surface area contributed by atoms with Crippen LogP contribution in [0.3, 0.4) is 0 Å². The smallest absolute Gasteiger partial charge is 0.334 e. The van der Waals surface area contributed by atoms with E-state index in [0.717, 1.165) is 16.6 Å². The molecule has 0 atom stereocenters. The van der Waals surface area contributed by atoms with Crippen LogP contribution in [0.25, 0.3) is 10.9 Å². The van der Waals surface area contributed by atoms with E-state index < -0.39 is 4.92 Å². The molecule has 0 saturated carbocycles. The zero-order valence-corrected chi connectivity index (χ0v) is 15.6. The normalized spacial score (nSPS) is 11.4. The Balaban J connectivity index is 2.01. The second-order valence-electron chi connectivity index (χ2n) is 7.13. The summed E-state index contributed by atoms with van der Waals surface area (Å²) in [6.45, 7) is 7.70. The maximum atomic E-state index is 11.7. The summed E-state index contributed by atoms with van der Waals surface area (Å²) in [7, 11) is 0. The molecule has 9 heteroatoms. The van der Waals surface area contributed by atoms with Crippen LogP contribution in [-0.4, -0.2) is 25.4 Å². The molecular formula is C18H21N7O2. The van der Waals surface area contributed by atoms with Crippen molar-refractivity contribution in [3.8, 4) is 0 Å². The fourth-order valence-corrected chi connectivity index (χ4v) is 2.47. The fraction of sp³-hybridized carbons (Fsp3) is 0.278. The molecule has 3 aromatic rings. The van der Waals surface area contributed by atoms with Crippen LogP contribution in [0, 0.1) is 17.0 Å². The Hall–Kier alpha value is -3.33. The number of nitro groups is 1. The number of hydrogen-bond acceptors (Lipinski definition) is 8. The average molecular weight is 367 g/mol. The van der Waals surface area contributed by atoms with E-state index in [1.807, 2.05) is 58.0 Å². The third-order valence-electron chi connectivity index (χ3n) is 3.68. The van der Waals surface area contributed by atoms with Crippen LogP contribution in [0.1, 0.15) is 26.5 Å². The van der Waals surface area contributed by atoms with Crippen LogP contribution in [0.4, 0.5) is 23.0 Å². The Morgan fingerprint density at radius 3 is 2.52 bits per heavy atom. The second-order valence-corrected chi connectivity index (χ2v) is 7.13. The van der Waals surface area contributed by atoms with Gasteiger partial charge in [0, 0.05) is 22.3 Å². The molecule has 0 unspecified atom stereocenters. The summed E-state index contributed by atoms with van der Waals surface area (Å²) in [5, 5.41) is 15.6. The van der Waals surface area contributed by atoms with Crippen molar-refractivity contribution in [3.05, 3.63) is 52.5 Å². The topological polar surface area (TPSA) is 118 Å². The lowest BCUT2D eigenvalue weighted by molar-refractivity contribution is -0.383. The minimum atomic E-state index is -0.511. The molecular weight excluding hydrogens is 346 g/mol. The van der Waals surface area contributed by atoms with Crippen molar-refractivity contribution in [1.29, 1.82) is 0 Å². The number of nitrogens with one attached hydrogen (secondary N) is 3. The van der Waals surface area contributed by atoms with Crippen molar-refractivity contribution in [1.82, 2.24) is 20.4 Å². The molecule has 0 aliphatic heterocycles. The predicted octanol–water partition coefficient (Wildman–Crippen LogP) is 3.70. The number of aryl methyl sites for hydroxylation is 1. The van der Waals surface area contributed by atoms with Gasteiger partial charge in [-0.2, -0.15) is 0 Å². The number of fused-ring (bicyclic) bond motifs is 1. The van der Waals surface area contributed by atoms with Gasteiger partial charge in [0.05, 0.1) is 10.4 Å². The maximum Gasteiger partial charge on any atom is 0.354 e. The summed E-state index contributed by atoms with van der Waals surface area (Å²) in [4.78, 5) is 23.7. The minimum Gasteiger partial charge on any atom is -0.334 e. The first-order chi connectivity index (χ1) is 12.7. The second kappa shape index (κ2) is 7.12. The summed E-state index contributed by atoms with van der Waals surface area (Å²) in [5.41, 5.74) is 7.61. The number of pyridine rings is 1. The van der Waals surface area contributed by atoms with Gasteiger partial charge in [-0.3, -0.25) is 20.5 Å². The standard InChI is InChI=1S/C18H21N7O2/c1-11-8-9-12-13(21-11)6-5-7-14(12)22-16-15(25(26)27)17(20-10-19-16)23-24-18(2,3)4/h5-10,24H,1-4H3,(H2,19,20,22,23). The van der Waals surface area contributed by atoms with Gasteiger partial charge in [-0.15, -0.1) is 0 Å². The zero-order chi connectivity index (χ0) is 19.6. The predicted molar refractivity (Wildman–Crippen MR) is 105 cm³/mol. The third-order valence-corrected chi connectivity index (χ3v) is 3.68. The third kappa shape index (κ3) is 4.26. The molecule has 0 aliphatic rings. The molecule has 0 bridgehead atoms. The first-order valence-electron chi connectivity index (χ1n) is 8.40. The highest BCUT2D eigenvalue weighted by Crippen LogP contribution is 2.33. The van der Waals surface area contributed by atoms with Gasteiger partial charge in [-0.05, 0) is 52.0 Å². The van der Waals surface area contributed by atoms with Crippen LogP contribution in [0.2, 0.25) is 0 Å². The molecule has 0 aliphatic carbocycles. The fourth-order valence-electron chi connectivity index (χ4n) is 2.47. The molecule has 3 N–H and O–H groups in total. The largest absolute Gasteiger partial charge is 0.354 e. The first-order valence-corrected chi connectivity index (χ1v) is 8.40. The Kier molecular flexibility index (Phi) is 4.87. The highest BCUT2D eigenvalue weighted by atomic mass is 16.6. The van der Waals surface area contributed by atoms with Crippen LogP contribution in [-0.2, 0) is 0 Å². The van der Waals surface area contributed by atoms with Gasteiger partial charge in [-0.25, -0.2) is 15.4 Å². The van der Waals surface area contributed by atoms with E-state index in [1.54, 1.807) is 0 Å². The molecule has 0 spiro atoms. The van der Waals surface area contributed by atoms with Gasteiger partial charge in [-0.1, -0.05) is 6.07 Å². The number of hydrogen-bond donors (Lipinski definition) is 3. The molecule has 1 aromatic carbocycles. The highest BCUT2D eigenvalue weighted by molar-refractivity contribution is 5.94. The summed E-state index contributed by atoms with van der Waals surface area (Å²) < 4.78 is 0.